The van der Waals surface area contributed by atoms with Crippen LogP contribution in [0.2, 0.25) is 0 Å². The molecule has 0 atom stereocenters. The van der Waals surface area contributed by atoms with Gasteiger partial charge in [0.1, 0.15) is 12.5 Å². The van der Waals surface area contributed by atoms with Gasteiger partial charge >= 0.3 is 6.02 Å². The van der Waals surface area contributed by atoms with Crippen LogP contribution in [-0.4, -0.2) is 71.0 Å². The minimum atomic E-state index is 0.308. The molecular formula is C18H33N5O3. The summed E-state index contributed by atoms with van der Waals surface area (Å²) in [5.74, 6) is 0.861. The van der Waals surface area contributed by atoms with Gasteiger partial charge in [0.15, 0.2) is 0 Å². The highest BCUT2D eigenvalue weighted by atomic mass is 16.5. The lowest BCUT2D eigenvalue weighted by Gasteiger charge is -2.28. The Hall–Kier alpha value is -2.03. The summed E-state index contributed by atoms with van der Waals surface area (Å²) in [6.45, 7) is 12.2. The molecule has 2 heterocycles. The van der Waals surface area contributed by atoms with E-state index in [1.54, 1.807) is 6.26 Å². The SMILES string of the molecule is C=N/C(=N\COC1CCN(C)CC1)OCC.C=NCc1ccco1.CN. The van der Waals surface area contributed by atoms with Crippen LogP contribution in [0.15, 0.2) is 37.8 Å². The first-order valence-corrected chi connectivity index (χ1v) is 8.66. The van der Waals surface area contributed by atoms with E-state index in [0.717, 1.165) is 31.7 Å². The van der Waals surface area contributed by atoms with Gasteiger partial charge in [-0.25, -0.2) is 9.98 Å². The van der Waals surface area contributed by atoms with Gasteiger partial charge in [0.05, 0.1) is 25.5 Å². The number of nitrogens with two attached hydrogens (primary N) is 1. The van der Waals surface area contributed by atoms with E-state index in [0.29, 0.717) is 32.0 Å². The number of rotatable bonds is 6. The largest absolute Gasteiger partial charge is 0.467 e. The monoisotopic (exact) mass is 367 g/mol. The zero-order valence-electron chi connectivity index (χ0n) is 16.3. The van der Waals surface area contributed by atoms with Crippen LogP contribution < -0.4 is 5.73 Å². The fraction of sp³-hybridized carbons (Fsp3) is 0.611. The van der Waals surface area contributed by atoms with Gasteiger partial charge in [0, 0.05) is 13.1 Å². The average Bonchev–Trinajstić information content (AvgIpc) is 3.18. The van der Waals surface area contributed by atoms with E-state index in [1.807, 2.05) is 19.1 Å². The minimum Gasteiger partial charge on any atom is -0.467 e. The Balaban J connectivity index is 0.000000522. The van der Waals surface area contributed by atoms with Gasteiger partial charge in [-0.3, -0.25) is 4.99 Å². The van der Waals surface area contributed by atoms with Crippen LogP contribution in [0, 0.1) is 0 Å². The van der Waals surface area contributed by atoms with E-state index in [1.165, 1.54) is 7.05 Å². The second kappa shape index (κ2) is 16.4. The lowest BCUT2D eigenvalue weighted by molar-refractivity contribution is 0.0160. The van der Waals surface area contributed by atoms with Crippen molar-refractivity contribution in [3.63, 3.8) is 0 Å². The summed E-state index contributed by atoms with van der Waals surface area (Å²) in [5, 5.41) is 0. The molecule has 1 aromatic rings. The third kappa shape index (κ3) is 11.5. The minimum absolute atomic E-state index is 0.308. The third-order valence-electron chi connectivity index (χ3n) is 3.43. The van der Waals surface area contributed by atoms with Crippen LogP contribution in [0.25, 0.3) is 0 Å². The Kier molecular flexibility index (Phi) is 15.2. The standard InChI is InChI=1S/C11H21N3O2.C6H7NO.CH5N/c1-4-15-11(12-2)13-9-16-10-5-7-14(3)8-6-10;1-7-5-6-3-2-4-8-6;1-2/h10H,2,4-9H2,1,3H3;2-4H,1,5H2;2H2,1H3/b13-11+;;. The molecule has 1 aliphatic heterocycles. The second-order valence-electron chi connectivity index (χ2n) is 5.29. The van der Waals surface area contributed by atoms with E-state index in [-0.39, 0.29) is 0 Å². The van der Waals surface area contributed by atoms with Gasteiger partial charge in [0.2, 0.25) is 0 Å². The number of likely N-dealkylation sites (tertiary alicyclic amines) is 1. The quantitative estimate of drug-likeness (QED) is 0.614. The molecule has 2 N–H and O–H groups in total. The summed E-state index contributed by atoms with van der Waals surface area (Å²) in [5.41, 5.74) is 4.50. The number of hydrogen-bond acceptors (Lipinski definition) is 7. The van der Waals surface area contributed by atoms with Crippen molar-refractivity contribution >= 4 is 19.5 Å². The molecule has 1 aromatic heterocycles. The molecule has 2 rings (SSSR count). The predicted molar refractivity (Wildman–Crippen MR) is 107 cm³/mol. The van der Waals surface area contributed by atoms with Crippen LogP contribution in [0.4, 0.5) is 0 Å². The molecule has 1 fully saturated rings. The second-order valence-corrected chi connectivity index (χ2v) is 5.29. The Bertz CT molecular complexity index is 483. The predicted octanol–water partition coefficient (Wildman–Crippen LogP) is 2.20. The molecule has 0 saturated carbocycles. The molecule has 0 amide bonds. The Morgan fingerprint density at radius 3 is 2.54 bits per heavy atom. The number of aliphatic imine (C=N–C) groups is 3. The number of ether oxygens (including phenoxy) is 2. The van der Waals surface area contributed by atoms with Gasteiger partial charge in [-0.1, -0.05) is 0 Å². The molecular weight excluding hydrogens is 334 g/mol. The number of amidine groups is 1. The van der Waals surface area contributed by atoms with Crippen LogP contribution in [0.3, 0.4) is 0 Å². The molecule has 1 aliphatic rings. The molecule has 0 unspecified atom stereocenters. The van der Waals surface area contributed by atoms with Crippen molar-refractivity contribution < 1.29 is 13.9 Å². The summed E-state index contributed by atoms with van der Waals surface area (Å²) in [4.78, 5) is 13.7. The first-order chi connectivity index (χ1) is 12.7. The maximum atomic E-state index is 5.63. The van der Waals surface area contributed by atoms with E-state index in [9.17, 15) is 0 Å². The fourth-order valence-corrected chi connectivity index (χ4v) is 2.13. The Morgan fingerprint density at radius 2 is 2.04 bits per heavy atom. The molecule has 0 aliphatic carbocycles. The van der Waals surface area contributed by atoms with Crippen molar-refractivity contribution in [2.45, 2.75) is 32.4 Å². The van der Waals surface area contributed by atoms with Crippen molar-refractivity contribution in [1.29, 1.82) is 0 Å². The summed E-state index contributed by atoms with van der Waals surface area (Å²) in [6.07, 6.45) is 4.07. The highest BCUT2D eigenvalue weighted by Gasteiger charge is 2.16. The first kappa shape index (κ1) is 24.0. The third-order valence-corrected chi connectivity index (χ3v) is 3.43. The average molecular weight is 367 g/mol. The van der Waals surface area contributed by atoms with Gasteiger partial charge in [-0.05, 0) is 59.4 Å². The van der Waals surface area contributed by atoms with E-state index < -0.39 is 0 Å². The summed E-state index contributed by atoms with van der Waals surface area (Å²) in [7, 11) is 3.63. The Morgan fingerprint density at radius 1 is 1.35 bits per heavy atom. The number of furan rings is 1. The van der Waals surface area contributed by atoms with Crippen LogP contribution in [-0.2, 0) is 16.0 Å². The molecule has 0 spiro atoms. The zero-order valence-corrected chi connectivity index (χ0v) is 16.3. The normalized spacial score (nSPS) is 15.2. The smallest absolute Gasteiger partial charge is 0.313 e. The van der Waals surface area contributed by atoms with Crippen molar-refractivity contribution in [3.05, 3.63) is 24.2 Å². The van der Waals surface area contributed by atoms with Crippen molar-refractivity contribution in [1.82, 2.24) is 4.90 Å². The first-order valence-electron chi connectivity index (χ1n) is 8.66. The van der Waals surface area contributed by atoms with Gasteiger partial charge < -0.3 is 24.5 Å². The van der Waals surface area contributed by atoms with Crippen LogP contribution in [0.1, 0.15) is 25.5 Å². The zero-order chi connectivity index (χ0) is 19.6. The summed E-state index contributed by atoms with van der Waals surface area (Å²) in [6, 6.07) is 4.02. The molecule has 8 nitrogen and oxygen atoms in total. The number of hydrogen-bond donors (Lipinski definition) is 1. The maximum absolute atomic E-state index is 5.63. The van der Waals surface area contributed by atoms with Crippen molar-refractivity contribution in [2.24, 2.45) is 20.7 Å². The number of piperidine rings is 1. The van der Waals surface area contributed by atoms with Crippen LogP contribution >= 0.6 is 0 Å². The highest BCUT2D eigenvalue weighted by molar-refractivity contribution is 5.78. The molecule has 0 aromatic carbocycles. The molecule has 0 bridgehead atoms. The Labute approximate surface area is 156 Å². The summed E-state index contributed by atoms with van der Waals surface area (Å²) >= 11 is 0. The van der Waals surface area contributed by atoms with Crippen molar-refractivity contribution in [2.75, 3.05) is 40.5 Å². The molecule has 1 saturated heterocycles. The fourth-order valence-electron chi connectivity index (χ4n) is 2.13. The molecule has 26 heavy (non-hydrogen) atoms. The lowest BCUT2D eigenvalue weighted by atomic mass is 10.1. The topological polar surface area (TPSA) is 97.9 Å². The number of nitrogens with zero attached hydrogens (tertiary/aromatic N) is 4. The maximum Gasteiger partial charge on any atom is 0.313 e. The van der Waals surface area contributed by atoms with E-state index in [4.69, 9.17) is 13.9 Å². The molecule has 0 radical (unpaired) electrons. The molecule has 8 heteroatoms. The molecule has 148 valence electrons. The van der Waals surface area contributed by atoms with Gasteiger partial charge in [-0.15, -0.1) is 0 Å². The van der Waals surface area contributed by atoms with Gasteiger partial charge in [0.25, 0.3) is 0 Å². The summed E-state index contributed by atoms with van der Waals surface area (Å²) < 4.78 is 15.7. The van der Waals surface area contributed by atoms with E-state index in [2.05, 4.69) is 46.1 Å². The van der Waals surface area contributed by atoms with E-state index >= 15 is 0 Å². The van der Waals surface area contributed by atoms with Crippen molar-refractivity contribution in [3.8, 4) is 0 Å². The lowest BCUT2D eigenvalue weighted by Crippen LogP contribution is -2.34. The van der Waals surface area contributed by atoms with Crippen LogP contribution in [0.5, 0.6) is 0 Å². The highest BCUT2D eigenvalue weighted by Crippen LogP contribution is 2.11. The van der Waals surface area contributed by atoms with Gasteiger partial charge in [-0.2, -0.15) is 0 Å².